The van der Waals surface area contributed by atoms with Crippen LogP contribution in [-0.4, -0.2) is 5.91 Å². The fourth-order valence-electron chi connectivity index (χ4n) is 1.51. The summed E-state index contributed by atoms with van der Waals surface area (Å²) in [5.74, 6) is -0.341. The Hall–Kier alpha value is -1.87. The minimum Gasteiger partial charge on any atom is -0.322 e. The highest BCUT2D eigenvalue weighted by Gasteiger charge is 2.06. The van der Waals surface area contributed by atoms with Gasteiger partial charge in [0, 0.05) is 17.1 Å². The molecule has 0 aliphatic rings. The molecule has 0 fully saturated rings. The molecule has 0 unspecified atom stereocenters. The van der Waals surface area contributed by atoms with E-state index in [1.165, 1.54) is 18.2 Å². The van der Waals surface area contributed by atoms with Gasteiger partial charge in [-0.25, -0.2) is 4.39 Å². The first-order valence-corrected chi connectivity index (χ1v) is 5.94. The van der Waals surface area contributed by atoms with Crippen LogP contribution in [0.4, 0.5) is 10.1 Å². The molecule has 0 aromatic heterocycles. The molecule has 2 nitrogen and oxygen atoms in total. The number of hydrogen-bond donors (Lipinski definition) is 1. The highest BCUT2D eigenvalue weighted by atomic mass is 35.5. The summed E-state index contributed by atoms with van der Waals surface area (Å²) in [5.41, 5.74) is 1.91. The molecule has 0 aliphatic carbocycles. The lowest BCUT2D eigenvalue weighted by Gasteiger charge is -2.05. The molecule has 92 valence electrons. The quantitative estimate of drug-likeness (QED) is 0.838. The standard InChI is InChI=1S/C14H11ClFNO/c15-9-10-4-6-13(7-5-10)17-14(18)11-2-1-3-12(16)8-11/h1-8H,9H2,(H,17,18). The van der Waals surface area contributed by atoms with Crippen molar-refractivity contribution in [1.82, 2.24) is 0 Å². The lowest BCUT2D eigenvalue weighted by atomic mass is 10.2. The molecule has 1 N–H and O–H groups in total. The molecule has 0 heterocycles. The fraction of sp³-hybridized carbons (Fsp3) is 0.0714. The van der Waals surface area contributed by atoms with Crippen LogP contribution in [0.2, 0.25) is 0 Å². The zero-order chi connectivity index (χ0) is 13.0. The number of benzene rings is 2. The zero-order valence-electron chi connectivity index (χ0n) is 9.49. The SMILES string of the molecule is O=C(Nc1ccc(CCl)cc1)c1cccc(F)c1. The summed E-state index contributed by atoms with van der Waals surface area (Å²) in [5, 5.41) is 2.69. The molecule has 1 amide bonds. The van der Waals surface area contributed by atoms with Gasteiger partial charge in [-0.05, 0) is 35.9 Å². The van der Waals surface area contributed by atoms with Crippen molar-refractivity contribution in [1.29, 1.82) is 0 Å². The van der Waals surface area contributed by atoms with E-state index in [-0.39, 0.29) is 11.5 Å². The van der Waals surface area contributed by atoms with Gasteiger partial charge in [-0.15, -0.1) is 11.6 Å². The summed E-state index contributed by atoms with van der Waals surface area (Å²) in [6, 6.07) is 12.7. The van der Waals surface area contributed by atoms with Crippen molar-refractivity contribution in [3.8, 4) is 0 Å². The maximum atomic E-state index is 13.0. The van der Waals surface area contributed by atoms with E-state index in [0.29, 0.717) is 11.6 Å². The molecule has 0 saturated carbocycles. The first-order chi connectivity index (χ1) is 8.69. The predicted octanol–water partition coefficient (Wildman–Crippen LogP) is 3.82. The van der Waals surface area contributed by atoms with Crippen LogP contribution >= 0.6 is 11.6 Å². The third-order valence-corrected chi connectivity index (χ3v) is 2.76. The summed E-state index contributed by atoms with van der Waals surface area (Å²) in [6.45, 7) is 0. The molecule has 0 atom stereocenters. The first kappa shape index (κ1) is 12.6. The van der Waals surface area contributed by atoms with E-state index >= 15 is 0 Å². The van der Waals surface area contributed by atoms with Crippen LogP contribution in [0.15, 0.2) is 48.5 Å². The summed E-state index contributed by atoms with van der Waals surface area (Å²) < 4.78 is 13.0. The number of halogens is 2. The van der Waals surface area contributed by atoms with Crippen molar-refractivity contribution in [3.63, 3.8) is 0 Å². The topological polar surface area (TPSA) is 29.1 Å². The molecule has 0 aliphatic heterocycles. The Balaban J connectivity index is 2.11. The van der Waals surface area contributed by atoms with Crippen LogP contribution in [0, 0.1) is 5.82 Å². The maximum Gasteiger partial charge on any atom is 0.255 e. The van der Waals surface area contributed by atoms with Gasteiger partial charge in [-0.1, -0.05) is 18.2 Å². The predicted molar refractivity (Wildman–Crippen MR) is 70.4 cm³/mol. The van der Waals surface area contributed by atoms with E-state index in [0.717, 1.165) is 5.56 Å². The van der Waals surface area contributed by atoms with E-state index in [1.54, 1.807) is 18.2 Å². The second-order valence-electron chi connectivity index (χ2n) is 3.80. The van der Waals surface area contributed by atoms with Crippen LogP contribution in [0.5, 0.6) is 0 Å². The van der Waals surface area contributed by atoms with Gasteiger partial charge in [0.25, 0.3) is 5.91 Å². The second-order valence-corrected chi connectivity index (χ2v) is 4.06. The van der Waals surface area contributed by atoms with Crippen LogP contribution in [0.3, 0.4) is 0 Å². The lowest BCUT2D eigenvalue weighted by molar-refractivity contribution is 0.102. The van der Waals surface area contributed by atoms with E-state index in [4.69, 9.17) is 11.6 Å². The summed E-state index contributed by atoms with van der Waals surface area (Å²) >= 11 is 5.67. The van der Waals surface area contributed by atoms with Crippen molar-refractivity contribution in [2.24, 2.45) is 0 Å². The van der Waals surface area contributed by atoms with E-state index < -0.39 is 5.82 Å². The average molecular weight is 264 g/mol. The number of amides is 1. The number of carbonyl (C=O) groups is 1. The molecular formula is C14H11ClFNO. The molecule has 0 spiro atoms. The Morgan fingerprint density at radius 2 is 1.89 bits per heavy atom. The average Bonchev–Trinajstić information content (AvgIpc) is 2.39. The van der Waals surface area contributed by atoms with Crippen molar-refractivity contribution >= 4 is 23.2 Å². The molecule has 0 bridgehead atoms. The molecule has 4 heteroatoms. The first-order valence-electron chi connectivity index (χ1n) is 5.41. The van der Waals surface area contributed by atoms with Crippen LogP contribution in [0.25, 0.3) is 0 Å². The number of rotatable bonds is 3. The minimum absolute atomic E-state index is 0.288. The largest absolute Gasteiger partial charge is 0.322 e. The molecule has 2 aromatic carbocycles. The van der Waals surface area contributed by atoms with Gasteiger partial charge in [-0.3, -0.25) is 4.79 Å². The highest BCUT2D eigenvalue weighted by Crippen LogP contribution is 2.13. The van der Waals surface area contributed by atoms with Gasteiger partial charge in [0.05, 0.1) is 0 Å². The van der Waals surface area contributed by atoms with Crippen LogP contribution < -0.4 is 5.32 Å². The van der Waals surface area contributed by atoms with Gasteiger partial charge in [0.15, 0.2) is 0 Å². The summed E-state index contributed by atoms with van der Waals surface area (Å²) in [7, 11) is 0. The third kappa shape index (κ3) is 3.08. The van der Waals surface area contributed by atoms with E-state index in [2.05, 4.69) is 5.32 Å². The van der Waals surface area contributed by atoms with Gasteiger partial charge in [-0.2, -0.15) is 0 Å². The third-order valence-electron chi connectivity index (χ3n) is 2.45. The summed E-state index contributed by atoms with van der Waals surface area (Å²) in [4.78, 5) is 11.8. The van der Waals surface area contributed by atoms with Gasteiger partial charge < -0.3 is 5.32 Å². The number of carbonyl (C=O) groups excluding carboxylic acids is 1. The molecule has 0 radical (unpaired) electrons. The van der Waals surface area contributed by atoms with Crippen LogP contribution in [0.1, 0.15) is 15.9 Å². The zero-order valence-corrected chi connectivity index (χ0v) is 10.2. The molecule has 2 aromatic rings. The Bertz CT molecular complexity index is 554. The summed E-state index contributed by atoms with van der Waals surface area (Å²) in [6.07, 6.45) is 0. The van der Waals surface area contributed by atoms with Gasteiger partial charge >= 0.3 is 0 Å². The molecule has 0 saturated heterocycles. The lowest BCUT2D eigenvalue weighted by Crippen LogP contribution is -2.11. The normalized spacial score (nSPS) is 10.1. The Morgan fingerprint density at radius 3 is 2.50 bits per heavy atom. The Kier molecular flexibility index (Phi) is 3.95. The molecule has 18 heavy (non-hydrogen) atoms. The van der Waals surface area contributed by atoms with Crippen molar-refractivity contribution < 1.29 is 9.18 Å². The number of nitrogens with one attached hydrogen (secondary N) is 1. The Morgan fingerprint density at radius 1 is 1.17 bits per heavy atom. The monoisotopic (exact) mass is 263 g/mol. The highest BCUT2D eigenvalue weighted by molar-refractivity contribution is 6.17. The van der Waals surface area contributed by atoms with E-state index in [9.17, 15) is 9.18 Å². The smallest absolute Gasteiger partial charge is 0.255 e. The van der Waals surface area contributed by atoms with E-state index in [1.807, 2.05) is 12.1 Å². The van der Waals surface area contributed by atoms with Crippen LogP contribution in [-0.2, 0) is 5.88 Å². The van der Waals surface area contributed by atoms with Crippen molar-refractivity contribution in [2.75, 3.05) is 5.32 Å². The second kappa shape index (κ2) is 5.65. The Labute approximate surface area is 109 Å². The minimum atomic E-state index is -0.430. The molecular weight excluding hydrogens is 253 g/mol. The van der Waals surface area contributed by atoms with Crippen molar-refractivity contribution in [3.05, 3.63) is 65.5 Å². The number of hydrogen-bond acceptors (Lipinski definition) is 1. The van der Waals surface area contributed by atoms with Gasteiger partial charge in [0.1, 0.15) is 5.82 Å². The fourth-order valence-corrected chi connectivity index (χ4v) is 1.69. The maximum absolute atomic E-state index is 13.0. The number of alkyl halides is 1. The molecule has 2 rings (SSSR count). The van der Waals surface area contributed by atoms with Gasteiger partial charge in [0.2, 0.25) is 0 Å². The number of anilines is 1. The van der Waals surface area contributed by atoms with Crippen molar-refractivity contribution in [2.45, 2.75) is 5.88 Å².